The van der Waals surface area contributed by atoms with Gasteiger partial charge in [0.15, 0.2) is 36.0 Å². The fraction of sp³-hybridized carbons (Fsp3) is 0.927. The Balaban J connectivity index is -0.000000288. The Morgan fingerprint density at radius 2 is 0.556 bits per heavy atom. The summed E-state index contributed by atoms with van der Waals surface area (Å²) >= 11 is 0. The van der Waals surface area contributed by atoms with Crippen LogP contribution in [0.3, 0.4) is 0 Å². The molecule has 17 heteroatoms. The van der Waals surface area contributed by atoms with Crippen LogP contribution in [0.2, 0.25) is 0 Å². The van der Waals surface area contributed by atoms with Gasteiger partial charge in [-0.05, 0) is 25.7 Å². The number of carbonyl (C=O) groups is 4. The number of hydrogen-bond donors (Lipinski definition) is 6. The Morgan fingerprint density at radius 1 is 0.333 bits per heavy atom. The Bertz CT molecular complexity index is 1060. The summed E-state index contributed by atoms with van der Waals surface area (Å²) in [4.78, 5) is 51.7. The smallest absolute Gasteiger partial charge is 0.252 e. The molecule has 14 N–H and O–H groups in total. The number of ether oxygens (including phenoxy) is 4. The first kappa shape index (κ1) is 82.2. The minimum atomic E-state index is -0.896. The summed E-state index contributed by atoms with van der Waals surface area (Å²) in [6.45, 7) is 14.3. The van der Waals surface area contributed by atoms with E-state index < -0.39 is 24.4 Å². The van der Waals surface area contributed by atoms with E-state index in [0.717, 1.165) is 51.4 Å². The third kappa shape index (κ3) is 51.0. The second kappa shape index (κ2) is 65.9. The summed E-state index contributed by atoms with van der Waals surface area (Å²) in [6.07, 6.45) is 31.6. The van der Waals surface area contributed by atoms with Gasteiger partial charge in [0, 0.05) is 52.1 Å². The summed E-state index contributed by atoms with van der Waals surface area (Å²) in [7, 11) is 0. The van der Waals surface area contributed by atoms with E-state index in [-0.39, 0.29) is 68.0 Å². The van der Waals surface area contributed by atoms with Crippen LogP contribution in [0.5, 0.6) is 0 Å². The third-order valence-corrected chi connectivity index (χ3v) is 12.2. The van der Waals surface area contributed by atoms with Crippen LogP contribution in [-0.4, -0.2) is 113 Å². The van der Waals surface area contributed by atoms with Crippen LogP contribution in [0.4, 0.5) is 0 Å². The molecular formula is C55H118Cl3N6O8+. The van der Waals surface area contributed by atoms with Crippen molar-refractivity contribution in [3.63, 3.8) is 0 Å². The molecule has 0 saturated heterocycles. The number of halogens is 3. The number of Topliss-reactive ketones (excluding diaryl/α,β-unsaturated/α-hetero) is 2. The minimum Gasteiger partial charge on any atom is -1.00 e. The lowest BCUT2D eigenvalue weighted by Crippen LogP contribution is -3.00. The summed E-state index contributed by atoms with van der Waals surface area (Å²) in [5.41, 5.74) is 15.3. The highest BCUT2D eigenvalue weighted by atomic mass is 35.5. The normalized spacial score (nSPS) is 12.3. The van der Waals surface area contributed by atoms with Gasteiger partial charge in [-0.1, -0.05) is 189 Å². The third-order valence-electron chi connectivity index (χ3n) is 12.2. The minimum absolute atomic E-state index is 0. The van der Waals surface area contributed by atoms with E-state index in [1.807, 2.05) is 0 Å². The molecule has 2 amide bonds. The van der Waals surface area contributed by atoms with Crippen LogP contribution in [0.15, 0.2) is 0 Å². The molecule has 0 spiro atoms. The largest absolute Gasteiger partial charge is 1.00 e. The first-order valence-electron chi connectivity index (χ1n) is 28.5. The Hall–Kier alpha value is -1.17. The van der Waals surface area contributed by atoms with Crippen LogP contribution in [0.1, 0.15) is 241 Å². The number of unbranched alkanes of at least 4 members (excludes halogenated alkanes) is 24. The molecule has 0 rings (SSSR count). The molecular weight excluding hydrogens is 979 g/mol. The lowest BCUT2D eigenvalue weighted by molar-refractivity contribution is -0.368. The highest BCUT2D eigenvalue weighted by Gasteiger charge is 2.36. The number of ketones is 2. The molecule has 0 saturated carbocycles. The molecule has 0 aromatic rings. The van der Waals surface area contributed by atoms with Crippen molar-refractivity contribution in [1.29, 1.82) is 0 Å². The van der Waals surface area contributed by atoms with Crippen molar-refractivity contribution >= 4 is 23.4 Å². The number of carbonyl (C=O) groups excluding carboxylic acids is 4. The van der Waals surface area contributed by atoms with Crippen molar-refractivity contribution in [3.05, 3.63) is 0 Å². The number of rotatable bonds is 52. The first-order chi connectivity index (χ1) is 33.2. The predicted molar refractivity (Wildman–Crippen MR) is 283 cm³/mol. The standard InChI is InChI=1S/C29H59N3O4.C25H51N3O4.CH4.3ClH/c1-3-5-7-9-11-13-15-17-24-35-27(26(33)20-19-21-30)28(29(34)32-23-22-31)36-25-18-16-14-12-10-8-6-4-2;1-3-5-7-9-11-13-20-31-23(22(29)16-15-17-26)24(25(30)28-19-18-27)32-21-14-12-10-8-6-4-2;;;;/h27-28H,3-25,30-31H2,1-2H3,(H,32,34);23-24H,3-21,26-27H2,1-2H3,(H,28,30);1H4;3*1H/p+1/t27-,28+;23-,24+;;;;/m00..../s1. The highest BCUT2D eigenvalue weighted by Crippen LogP contribution is 2.17. The van der Waals surface area contributed by atoms with Gasteiger partial charge < -0.3 is 89.7 Å². The lowest BCUT2D eigenvalue weighted by atomic mass is 10.0. The summed E-state index contributed by atoms with van der Waals surface area (Å²) in [6, 6.07) is 0. The molecule has 4 atom stereocenters. The average molecular weight is 1100 g/mol. The molecule has 436 valence electrons. The number of amides is 2. The molecule has 0 aliphatic heterocycles. The molecule has 0 unspecified atom stereocenters. The molecule has 0 aliphatic carbocycles. The topological polar surface area (TPSA) is 240 Å². The van der Waals surface area contributed by atoms with Gasteiger partial charge in [0.2, 0.25) is 0 Å². The molecule has 0 fully saturated rings. The van der Waals surface area contributed by atoms with Gasteiger partial charge in [-0.2, -0.15) is 0 Å². The molecule has 72 heavy (non-hydrogen) atoms. The second-order valence-corrected chi connectivity index (χ2v) is 18.8. The molecule has 0 aromatic carbocycles. The van der Waals surface area contributed by atoms with Crippen molar-refractivity contribution in [1.82, 2.24) is 10.6 Å². The van der Waals surface area contributed by atoms with E-state index in [1.165, 1.54) is 128 Å². The molecule has 0 bridgehead atoms. The van der Waals surface area contributed by atoms with Gasteiger partial charge in [-0.25, -0.2) is 0 Å². The average Bonchev–Trinajstić information content (AvgIpc) is 3.34. The Morgan fingerprint density at radius 3 is 0.778 bits per heavy atom. The van der Waals surface area contributed by atoms with Gasteiger partial charge in [0.25, 0.3) is 11.8 Å². The van der Waals surface area contributed by atoms with Gasteiger partial charge in [-0.3, -0.25) is 19.2 Å². The van der Waals surface area contributed by atoms with Crippen LogP contribution in [0, 0.1) is 0 Å². The Labute approximate surface area is 460 Å². The van der Waals surface area contributed by atoms with Gasteiger partial charge in [0.1, 0.15) is 0 Å². The lowest BCUT2D eigenvalue weighted by Gasteiger charge is -2.26. The first-order valence-corrected chi connectivity index (χ1v) is 28.5. The second-order valence-electron chi connectivity index (χ2n) is 18.8. The predicted octanol–water partition coefficient (Wildman–Crippen LogP) is -1.94. The van der Waals surface area contributed by atoms with Gasteiger partial charge in [-0.15, -0.1) is 0 Å². The van der Waals surface area contributed by atoms with E-state index in [4.69, 9.17) is 18.9 Å². The van der Waals surface area contributed by atoms with Gasteiger partial charge in [0.05, 0.1) is 39.3 Å². The summed E-state index contributed by atoms with van der Waals surface area (Å²) in [5, 5.41) is 5.72. The SMILES string of the molecule is C.CCCCCCCCCCO[C@@H](C(=O)CCC[NH3+])[C@@H](OCCCCCCCCCC)C(=O)NCC[NH3+].CCCCCCCCO[C@@H](C(=O)CCC[NH3+])[C@@H](OCCCCCCCC)C(=O)NCC[NH3+].[Cl-].[Cl-].[Cl-]. The zero-order chi connectivity index (χ0) is 50.6. The molecule has 0 aromatic heterocycles. The van der Waals surface area contributed by atoms with E-state index >= 15 is 0 Å². The van der Waals surface area contributed by atoms with Crippen LogP contribution < -0.4 is 70.8 Å². The van der Waals surface area contributed by atoms with Crippen LogP contribution >= 0.6 is 0 Å². The molecule has 0 radical (unpaired) electrons. The fourth-order valence-electron chi connectivity index (χ4n) is 7.88. The quantitative estimate of drug-likeness (QED) is 0.0374. The maximum Gasteiger partial charge on any atom is 0.252 e. The maximum atomic E-state index is 13.0. The van der Waals surface area contributed by atoms with Crippen LogP contribution in [-0.2, 0) is 38.1 Å². The summed E-state index contributed by atoms with van der Waals surface area (Å²) in [5.74, 6) is -0.640. The zero-order valence-electron chi connectivity index (χ0n) is 46.2. The van der Waals surface area contributed by atoms with Crippen molar-refractivity contribution < 1.29 is 98.3 Å². The molecule has 14 nitrogen and oxygen atoms in total. The maximum absolute atomic E-state index is 13.0. The Kier molecular flexibility index (Phi) is 75.3. The van der Waals surface area contributed by atoms with Crippen LogP contribution in [0.25, 0.3) is 0 Å². The van der Waals surface area contributed by atoms with Gasteiger partial charge >= 0.3 is 0 Å². The summed E-state index contributed by atoms with van der Waals surface area (Å²) < 4.78 is 24.1. The molecule has 0 heterocycles. The fourth-order valence-corrected chi connectivity index (χ4v) is 7.88. The number of hydrogen-bond acceptors (Lipinski definition) is 8. The van der Waals surface area contributed by atoms with E-state index in [1.54, 1.807) is 0 Å². The number of nitrogens with one attached hydrogen (secondary N) is 2. The number of quaternary nitrogens is 4. The van der Waals surface area contributed by atoms with Crippen molar-refractivity contribution in [2.75, 3.05) is 65.7 Å². The highest BCUT2D eigenvalue weighted by molar-refractivity contribution is 5.93. The van der Waals surface area contributed by atoms with Crippen molar-refractivity contribution in [2.45, 2.75) is 265 Å². The zero-order valence-corrected chi connectivity index (χ0v) is 48.5. The molecule has 0 aliphatic rings. The van der Waals surface area contributed by atoms with Crippen molar-refractivity contribution in [3.8, 4) is 0 Å². The van der Waals surface area contributed by atoms with E-state index in [0.29, 0.717) is 91.4 Å². The van der Waals surface area contributed by atoms with E-state index in [9.17, 15) is 19.2 Å². The van der Waals surface area contributed by atoms with E-state index in [2.05, 4.69) is 61.3 Å². The monoisotopic (exact) mass is 1100 g/mol. The van der Waals surface area contributed by atoms with Crippen molar-refractivity contribution in [2.24, 2.45) is 0 Å².